The number of methoxy groups -OCH3 is 1. The molecule has 0 radical (unpaired) electrons. The molecule has 1 heterocycles. The van der Waals surface area contributed by atoms with Crippen LogP contribution in [0.1, 0.15) is 23.0 Å². The lowest BCUT2D eigenvalue weighted by Gasteiger charge is -2.13. The van der Waals surface area contributed by atoms with E-state index in [9.17, 15) is 9.59 Å². The molecular formula is C21H18N4O4. The zero-order valence-electron chi connectivity index (χ0n) is 15.8. The fraction of sp³-hybridized carbons (Fsp3) is 0.143. The van der Waals surface area contributed by atoms with Crippen molar-refractivity contribution in [3.05, 3.63) is 72.1 Å². The van der Waals surface area contributed by atoms with Crippen molar-refractivity contribution in [2.24, 2.45) is 0 Å². The van der Waals surface area contributed by atoms with Gasteiger partial charge in [0.15, 0.2) is 11.9 Å². The summed E-state index contributed by atoms with van der Waals surface area (Å²) in [6.45, 7) is 1.45. The van der Waals surface area contributed by atoms with Crippen molar-refractivity contribution in [3.8, 4) is 17.5 Å². The van der Waals surface area contributed by atoms with E-state index in [1.807, 2.05) is 36.4 Å². The maximum atomic E-state index is 12.5. The number of rotatable bonds is 6. The Balaban J connectivity index is 1.71. The van der Waals surface area contributed by atoms with Gasteiger partial charge in [0.25, 0.3) is 5.91 Å². The van der Waals surface area contributed by atoms with Gasteiger partial charge in [-0.15, -0.1) is 0 Å². The van der Waals surface area contributed by atoms with E-state index in [1.165, 1.54) is 24.8 Å². The SMILES string of the molecule is COc1cn(-c2ccccc2)nc1C(=O)O[C@H](C)C(=O)Nc1cccc(C#N)c1. The molecule has 0 aliphatic heterocycles. The number of nitriles is 1. The van der Waals surface area contributed by atoms with Crippen LogP contribution in [0, 0.1) is 11.3 Å². The minimum absolute atomic E-state index is 0.0394. The molecule has 0 unspecified atom stereocenters. The summed E-state index contributed by atoms with van der Waals surface area (Å²) in [4.78, 5) is 24.9. The monoisotopic (exact) mass is 390 g/mol. The Labute approximate surface area is 167 Å². The first-order valence-electron chi connectivity index (χ1n) is 8.73. The minimum atomic E-state index is -1.08. The molecule has 29 heavy (non-hydrogen) atoms. The van der Waals surface area contributed by atoms with Crippen molar-refractivity contribution in [2.75, 3.05) is 12.4 Å². The van der Waals surface area contributed by atoms with Gasteiger partial charge >= 0.3 is 5.97 Å². The van der Waals surface area contributed by atoms with Gasteiger partial charge in [-0.3, -0.25) is 4.79 Å². The third kappa shape index (κ3) is 4.59. The Bertz CT molecular complexity index is 1070. The van der Waals surface area contributed by atoms with Crippen LogP contribution < -0.4 is 10.1 Å². The van der Waals surface area contributed by atoms with Gasteiger partial charge in [-0.1, -0.05) is 24.3 Å². The molecule has 146 valence electrons. The first-order chi connectivity index (χ1) is 14.0. The van der Waals surface area contributed by atoms with Crippen LogP contribution in [0.5, 0.6) is 5.75 Å². The number of para-hydroxylation sites is 1. The van der Waals surface area contributed by atoms with E-state index in [0.717, 1.165) is 5.69 Å². The average Bonchev–Trinajstić information content (AvgIpc) is 3.19. The van der Waals surface area contributed by atoms with Gasteiger partial charge < -0.3 is 14.8 Å². The largest absolute Gasteiger partial charge is 0.493 e. The first kappa shape index (κ1) is 19.6. The van der Waals surface area contributed by atoms with Crippen LogP contribution in [0.25, 0.3) is 5.69 Å². The summed E-state index contributed by atoms with van der Waals surface area (Å²) in [5.74, 6) is -1.09. The number of amides is 1. The molecule has 0 fully saturated rings. The van der Waals surface area contributed by atoms with E-state index in [0.29, 0.717) is 11.3 Å². The fourth-order valence-corrected chi connectivity index (χ4v) is 2.54. The van der Waals surface area contributed by atoms with Crippen molar-refractivity contribution >= 4 is 17.6 Å². The van der Waals surface area contributed by atoms with E-state index < -0.39 is 18.0 Å². The molecule has 0 bridgehead atoms. The van der Waals surface area contributed by atoms with Crippen LogP contribution >= 0.6 is 0 Å². The van der Waals surface area contributed by atoms with Gasteiger partial charge in [-0.2, -0.15) is 10.4 Å². The third-order valence-corrected chi connectivity index (χ3v) is 4.03. The van der Waals surface area contributed by atoms with E-state index in [-0.39, 0.29) is 11.4 Å². The predicted octanol–water partition coefficient (Wildman–Crippen LogP) is 2.94. The normalized spacial score (nSPS) is 11.2. The van der Waals surface area contributed by atoms with Gasteiger partial charge in [0, 0.05) is 5.69 Å². The Kier molecular flexibility index (Phi) is 5.90. The number of anilines is 1. The zero-order valence-corrected chi connectivity index (χ0v) is 15.8. The van der Waals surface area contributed by atoms with Crippen LogP contribution in [0.15, 0.2) is 60.8 Å². The number of hydrogen-bond donors (Lipinski definition) is 1. The Morgan fingerprint density at radius 1 is 1.17 bits per heavy atom. The highest BCUT2D eigenvalue weighted by molar-refractivity contribution is 5.97. The maximum Gasteiger partial charge on any atom is 0.363 e. The molecule has 0 spiro atoms. The molecule has 2 aromatic carbocycles. The standard InChI is InChI=1S/C21H18N4O4/c1-14(20(26)23-16-8-6-7-15(11-16)12-22)29-21(27)19-18(28-2)13-25(24-19)17-9-4-3-5-10-17/h3-11,13-14H,1-2H3,(H,23,26)/t14-/m1/s1. The van der Waals surface area contributed by atoms with Crippen LogP contribution in [-0.2, 0) is 9.53 Å². The summed E-state index contributed by atoms with van der Waals surface area (Å²) in [6.07, 6.45) is 0.476. The van der Waals surface area contributed by atoms with Gasteiger partial charge in [-0.05, 0) is 37.3 Å². The number of nitrogens with one attached hydrogen (secondary N) is 1. The molecule has 0 aliphatic rings. The van der Waals surface area contributed by atoms with Crippen molar-refractivity contribution in [1.29, 1.82) is 5.26 Å². The third-order valence-electron chi connectivity index (χ3n) is 4.03. The smallest absolute Gasteiger partial charge is 0.363 e. The molecule has 1 N–H and O–H groups in total. The van der Waals surface area contributed by atoms with Crippen molar-refractivity contribution in [1.82, 2.24) is 9.78 Å². The lowest BCUT2D eigenvalue weighted by molar-refractivity contribution is -0.123. The maximum absolute atomic E-state index is 12.5. The Hall–Kier alpha value is -4.12. The van der Waals surface area contributed by atoms with E-state index in [1.54, 1.807) is 24.4 Å². The van der Waals surface area contributed by atoms with E-state index >= 15 is 0 Å². The number of carbonyl (C=O) groups excluding carboxylic acids is 2. The summed E-state index contributed by atoms with van der Waals surface area (Å²) < 4.78 is 12.0. The lowest BCUT2D eigenvalue weighted by Crippen LogP contribution is -2.30. The molecule has 1 aromatic heterocycles. The van der Waals surface area contributed by atoms with Crippen molar-refractivity contribution < 1.29 is 19.1 Å². The van der Waals surface area contributed by atoms with Crippen LogP contribution in [0.2, 0.25) is 0 Å². The van der Waals surface area contributed by atoms with Gasteiger partial charge in [0.2, 0.25) is 5.69 Å². The topological polar surface area (TPSA) is 106 Å². The second-order valence-electron chi connectivity index (χ2n) is 6.06. The molecule has 0 aliphatic carbocycles. The highest BCUT2D eigenvalue weighted by Crippen LogP contribution is 2.21. The van der Waals surface area contributed by atoms with Gasteiger partial charge in [-0.25, -0.2) is 9.48 Å². The van der Waals surface area contributed by atoms with Crippen molar-refractivity contribution in [2.45, 2.75) is 13.0 Å². The zero-order chi connectivity index (χ0) is 20.8. The van der Waals surface area contributed by atoms with Crippen LogP contribution in [-0.4, -0.2) is 34.9 Å². The van der Waals surface area contributed by atoms with Crippen LogP contribution in [0.4, 0.5) is 5.69 Å². The number of benzene rings is 2. The molecule has 1 atom stereocenters. The molecule has 8 heteroatoms. The number of hydrogen-bond acceptors (Lipinski definition) is 6. The van der Waals surface area contributed by atoms with Crippen molar-refractivity contribution in [3.63, 3.8) is 0 Å². The summed E-state index contributed by atoms with van der Waals surface area (Å²) in [5.41, 5.74) is 1.54. The number of nitrogens with zero attached hydrogens (tertiary/aromatic N) is 3. The molecule has 8 nitrogen and oxygen atoms in total. The highest BCUT2D eigenvalue weighted by atomic mass is 16.6. The molecule has 1 amide bonds. The van der Waals surface area contributed by atoms with E-state index in [2.05, 4.69) is 10.4 Å². The predicted molar refractivity (Wildman–Crippen MR) is 105 cm³/mol. The number of aromatic nitrogens is 2. The second-order valence-corrected chi connectivity index (χ2v) is 6.06. The summed E-state index contributed by atoms with van der Waals surface area (Å²) >= 11 is 0. The van der Waals surface area contributed by atoms with Gasteiger partial charge in [0.05, 0.1) is 30.6 Å². The summed E-state index contributed by atoms with van der Waals surface area (Å²) in [5, 5.41) is 15.8. The fourth-order valence-electron chi connectivity index (χ4n) is 2.54. The Morgan fingerprint density at radius 3 is 2.62 bits per heavy atom. The van der Waals surface area contributed by atoms with E-state index in [4.69, 9.17) is 14.7 Å². The number of carbonyl (C=O) groups is 2. The summed E-state index contributed by atoms with van der Waals surface area (Å²) in [6, 6.07) is 17.6. The lowest BCUT2D eigenvalue weighted by atomic mass is 10.2. The molecule has 3 aromatic rings. The molecule has 0 saturated carbocycles. The molecular weight excluding hydrogens is 372 g/mol. The first-order valence-corrected chi connectivity index (χ1v) is 8.73. The highest BCUT2D eigenvalue weighted by Gasteiger charge is 2.25. The van der Waals surface area contributed by atoms with Gasteiger partial charge in [0.1, 0.15) is 0 Å². The number of esters is 1. The Morgan fingerprint density at radius 2 is 1.93 bits per heavy atom. The van der Waals surface area contributed by atoms with Crippen LogP contribution in [0.3, 0.4) is 0 Å². The summed E-state index contributed by atoms with van der Waals surface area (Å²) in [7, 11) is 1.42. The molecule has 3 rings (SSSR count). The minimum Gasteiger partial charge on any atom is -0.493 e. The molecule has 0 saturated heterocycles. The second kappa shape index (κ2) is 8.71. The average molecular weight is 390 g/mol. The quantitative estimate of drug-likeness (QED) is 0.649. The number of ether oxygens (including phenoxy) is 2.